The Balaban J connectivity index is 1.61. The van der Waals surface area contributed by atoms with Gasteiger partial charge in [-0.1, -0.05) is 6.58 Å². The molecule has 2 N–H and O–H groups in total. The quantitative estimate of drug-likeness (QED) is 0.525. The number of carbonyl (C=O) groups excluding carboxylic acids is 1. The van der Waals surface area contributed by atoms with Crippen LogP contribution >= 0.6 is 0 Å². The van der Waals surface area contributed by atoms with Gasteiger partial charge in [0.15, 0.2) is 0 Å². The number of hydrogen-bond acceptors (Lipinski definition) is 7. The number of nitrogens with zero attached hydrogens (tertiary/aromatic N) is 5. The predicted molar refractivity (Wildman–Crippen MR) is 137 cm³/mol. The molecule has 1 aliphatic carbocycles. The number of fused-ring (bicyclic) bond motifs is 1. The average molecular weight is 530 g/mol. The Morgan fingerprint density at radius 2 is 2.03 bits per heavy atom. The lowest BCUT2D eigenvalue weighted by molar-refractivity contribution is -0.127. The zero-order chi connectivity index (χ0) is 26.5. The second kappa shape index (κ2) is 9.38. The molecule has 2 aromatic rings. The van der Waals surface area contributed by atoms with Gasteiger partial charge in [0.05, 0.1) is 34.8 Å². The minimum atomic E-state index is -4.00. The Morgan fingerprint density at radius 1 is 1.32 bits per heavy atom. The molecule has 1 aromatic carbocycles. The van der Waals surface area contributed by atoms with Crippen molar-refractivity contribution in [1.82, 2.24) is 24.7 Å². The smallest absolute Gasteiger partial charge is 0.246 e. The summed E-state index contributed by atoms with van der Waals surface area (Å²) in [6.07, 6.45) is 4.20. The van der Waals surface area contributed by atoms with Crippen LogP contribution in [0.2, 0.25) is 0 Å². The van der Waals surface area contributed by atoms with E-state index in [9.17, 15) is 22.9 Å². The molecular formula is C25H32FN7O3S. The Morgan fingerprint density at radius 3 is 2.62 bits per heavy atom. The van der Waals surface area contributed by atoms with Crippen LogP contribution < -0.4 is 14.9 Å². The van der Waals surface area contributed by atoms with Gasteiger partial charge in [0.1, 0.15) is 12.2 Å². The summed E-state index contributed by atoms with van der Waals surface area (Å²) in [6, 6.07) is 4.77. The maximum Gasteiger partial charge on any atom is 0.246 e. The summed E-state index contributed by atoms with van der Waals surface area (Å²) in [5, 5.41) is 18.4. The van der Waals surface area contributed by atoms with Crippen molar-refractivity contribution in [3.05, 3.63) is 31.0 Å². The largest absolute Gasteiger partial charge is 0.368 e. The standard InChI is InChI=1S/C25H32FN7O3S/c1-4-24(34)32-14-19(7-18(32)10-26)33-23-9-20(37(35,36)30-25(15-27)5-6-25)8-22(21(23)11-28-33)31-12-16(2)29-17(3)13-31/h4,8-9,11,16-19,29-30H,1,5-7,10,12-14H2,2-3H3/t16-,17-,18-,19+/m0/s1. The molecule has 3 fully saturated rings. The van der Waals surface area contributed by atoms with E-state index in [0.717, 1.165) is 11.1 Å². The Bertz CT molecular complexity index is 1370. The van der Waals surface area contributed by atoms with Crippen LogP contribution in [0, 0.1) is 11.3 Å². The number of hydrogen-bond donors (Lipinski definition) is 2. The highest BCUT2D eigenvalue weighted by Crippen LogP contribution is 2.39. The summed E-state index contributed by atoms with van der Waals surface area (Å²) >= 11 is 0. The topological polar surface area (TPSA) is 123 Å². The van der Waals surface area contributed by atoms with Crippen LogP contribution in [-0.2, 0) is 14.8 Å². The zero-order valence-corrected chi connectivity index (χ0v) is 21.8. The third kappa shape index (κ3) is 4.71. The molecule has 1 amide bonds. The van der Waals surface area contributed by atoms with Crippen molar-refractivity contribution < 1.29 is 17.6 Å². The number of carbonyl (C=O) groups is 1. The normalized spacial score (nSPS) is 27.3. The van der Waals surface area contributed by atoms with Crippen LogP contribution in [-0.4, -0.2) is 79.0 Å². The number of alkyl halides is 1. The number of anilines is 1. The van der Waals surface area contributed by atoms with Crippen molar-refractivity contribution in [2.45, 2.75) is 67.7 Å². The highest BCUT2D eigenvalue weighted by atomic mass is 32.2. The second-order valence-electron chi connectivity index (χ2n) is 10.5. The highest BCUT2D eigenvalue weighted by molar-refractivity contribution is 7.89. The van der Waals surface area contributed by atoms with Crippen molar-refractivity contribution in [1.29, 1.82) is 5.26 Å². The van der Waals surface area contributed by atoms with Crippen LogP contribution in [0.5, 0.6) is 0 Å². The van der Waals surface area contributed by atoms with Gasteiger partial charge in [-0.05, 0) is 51.3 Å². The summed E-state index contributed by atoms with van der Waals surface area (Å²) < 4.78 is 45.0. The Hall–Kier alpha value is -3.01. The molecule has 37 heavy (non-hydrogen) atoms. The predicted octanol–water partition coefficient (Wildman–Crippen LogP) is 1.85. The lowest BCUT2D eigenvalue weighted by Crippen LogP contribution is -2.54. The number of likely N-dealkylation sites (tertiary alicyclic amines) is 1. The van der Waals surface area contributed by atoms with E-state index < -0.39 is 28.3 Å². The number of halogens is 1. The van der Waals surface area contributed by atoms with Gasteiger partial charge in [-0.25, -0.2) is 12.8 Å². The van der Waals surface area contributed by atoms with Crippen LogP contribution in [0.25, 0.3) is 10.9 Å². The van der Waals surface area contributed by atoms with Crippen molar-refractivity contribution in [3.8, 4) is 6.07 Å². The molecule has 0 bridgehead atoms. The van der Waals surface area contributed by atoms with E-state index in [1.54, 1.807) is 23.0 Å². The third-order valence-corrected chi connectivity index (χ3v) is 9.06. The first-order valence-electron chi connectivity index (χ1n) is 12.6. The van der Waals surface area contributed by atoms with Gasteiger partial charge < -0.3 is 15.1 Å². The first kappa shape index (κ1) is 25.6. The van der Waals surface area contributed by atoms with Crippen molar-refractivity contribution >= 4 is 32.5 Å². The second-order valence-corrected chi connectivity index (χ2v) is 12.2. The number of rotatable bonds is 7. The van der Waals surface area contributed by atoms with Gasteiger partial charge in [0.25, 0.3) is 0 Å². The molecule has 10 nitrogen and oxygen atoms in total. The van der Waals surface area contributed by atoms with Crippen molar-refractivity contribution in [2.24, 2.45) is 0 Å². The molecule has 1 aromatic heterocycles. The van der Waals surface area contributed by atoms with E-state index in [1.807, 2.05) is 0 Å². The summed E-state index contributed by atoms with van der Waals surface area (Å²) in [4.78, 5) is 16.0. The first-order chi connectivity index (χ1) is 17.6. The number of benzene rings is 1. The molecule has 198 valence electrons. The van der Waals surface area contributed by atoms with Gasteiger partial charge in [-0.2, -0.15) is 15.1 Å². The van der Waals surface area contributed by atoms with E-state index >= 15 is 0 Å². The van der Waals surface area contributed by atoms with E-state index in [1.165, 1.54) is 11.0 Å². The van der Waals surface area contributed by atoms with Gasteiger partial charge >= 0.3 is 0 Å². The van der Waals surface area contributed by atoms with E-state index in [4.69, 9.17) is 0 Å². The van der Waals surface area contributed by atoms with Gasteiger partial charge in [0.2, 0.25) is 15.9 Å². The van der Waals surface area contributed by atoms with Crippen LogP contribution in [0.4, 0.5) is 10.1 Å². The molecule has 0 spiro atoms. The molecular weight excluding hydrogens is 497 g/mol. The Labute approximate surface area is 216 Å². The average Bonchev–Trinajstić information content (AvgIpc) is 3.29. The zero-order valence-electron chi connectivity index (χ0n) is 21.0. The van der Waals surface area contributed by atoms with Crippen LogP contribution in [0.15, 0.2) is 35.9 Å². The van der Waals surface area contributed by atoms with Crippen molar-refractivity contribution in [2.75, 3.05) is 31.2 Å². The fourth-order valence-electron chi connectivity index (χ4n) is 5.61. The summed E-state index contributed by atoms with van der Waals surface area (Å²) in [5.74, 6) is -0.343. The number of nitrogens with one attached hydrogen (secondary N) is 2. The summed E-state index contributed by atoms with van der Waals surface area (Å²) in [6.45, 7) is 8.61. The maximum atomic E-state index is 13.8. The number of sulfonamides is 1. The SMILES string of the molecule is C=CC(=O)N1C[C@H](n2ncc3c(N4C[C@H](C)N[C@@H](C)C4)cc(S(=O)(=O)NC4(C#N)CC4)cc32)C[C@H]1CF. The Kier molecular flexibility index (Phi) is 6.50. The first-order valence-corrected chi connectivity index (χ1v) is 14.0. The maximum absolute atomic E-state index is 13.8. The molecule has 2 aliphatic heterocycles. The summed E-state index contributed by atoms with van der Waals surface area (Å²) in [5.41, 5.74) is 0.275. The number of nitriles is 1. The molecule has 2 saturated heterocycles. The summed E-state index contributed by atoms with van der Waals surface area (Å²) in [7, 11) is -4.00. The van der Waals surface area contributed by atoms with Gasteiger partial charge in [-0.3, -0.25) is 9.48 Å². The van der Waals surface area contributed by atoms with Crippen LogP contribution in [0.1, 0.15) is 39.2 Å². The van der Waals surface area contributed by atoms with E-state index in [-0.39, 0.29) is 35.5 Å². The third-order valence-electron chi connectivity index (χ3n) is 7.54. The minimum absolute atomic E-state index is 0.0520. The lowest BCUT2D eigenvalue weighted by Gasteiger charge is -2.38. The molecule has 0 unspecified atom stereocenters. The van der Waals surface area contributed by atoms with Gasteiger partial charge in [-0.15, -0.1) is 0 Å². The van der Waals surface area contributed by atoms with E-state index in [0.29, 0.717) is 37.9 Å². The molecule has 5 rings (SSSR count). The molecule has 3 heterocycles. The van der Waals surface area contributed by atoms with E-state index in [2.05, 4.69) is 46.5 Å². The number of amides is 1. The molecule has 3 aliphatic rings. The number of piperazine rings is 1. The van der Waals surface area contributed by atoms with Crippen LogP contribution in [0.3, 0.4) is 0 Å². The number of aromatic nitrogens is 2. The molecule has 4 atom stereocenters. The monoisotopic (exact) mass is 529 g/mol. The fourth-order valence-corrected chi connectivity index (χ4v) is 7.03. The molecule has 12 heteroatoms. The highest BCUT2D eigenvalue weighted by Gasteiger charge is 2.47. The fraction of sp³-hybridized carbons (Fsp3) is 0.560. The van der Waals surface area contributed by atoms with Crippen molar-refractivity contribution in [3.63, 3.8) is 0 Å². The molecule has 0 radical (unpaired) electrons. The van der Waals surface area contributed by atoms with Gasteiger partial charge in [0, 0.05) is 42.8 Å². The molecule has 1 saturated carbocycles. The minimum Gasteiger partial charge on any atom is -0.368 e. The lowest BCUT2D eigenvalue weighted by atomic mass is 10.1.